The van der Waals surface area contributed by atoms with Crippen LogP contribution in [0.1, 0.15) is 63.5 Å². The molecule has 1 amide bonds. The summed E-state index contributed by atoms with van der Waals surface area (Å²) in [5, 5.41) is 0. The zero-order valence-electron chi connectivity index (χ0n) is 23.0. The third-order valence-electron chi connectivity index (χ3n) is 9.15. The number of hydrogen-bond donors (Lipinski definition) is 0. The van der Waals surface area contributed by atoms with E-state index in [-0.39, 0.29) is 24.2 Å². The summed E-state index contributed by atoms with van der Waals surface area (Å²) in [4.78, 5) is 25.8. The van der Waals surface area contributed by atoms with E-state index in [1.807, 2.05) is 17.3 Å². The third-order valence-corrected chi connectivity index (χ3v) is 9.15. The molecule has 1 saturated carbocycles. The summed E-state index contributed by atoms with van der Waals surface area (Å²) in [6.07, 6.45) is 10.4. The molecule has 0 radical (unpaired) electrons. The van der Waals surface area contributed by atoms with Gasteiger partial charge in [-0.25, -0.2) is 14.4 Å². The van der Waals surface area contributed by atoms with Gasteiger partial charge in [0.25, 0.3) is 0 Å². The third kappa shape index (κ3) is 5.95. The maximum Gasteiger partial charge on any atom is 0.227 e. The van der Waals surface area contributed by atoms with Crippen LogP contribution >= 0.6 is 0 Å². The molecule has 0 bridgehead atoms. The quantitative estimate of drug-likeness (QED) is 0.435. The molecule has 7 nitrogen and oxygen atoms in total. The Morgan fingerprint density at radius 1 is 1.16 bits per heavy atom. The fraction of sp³-hybridized carbons (Fsp3) is 0.633. The van der Waals surface area contributed by atoms with Crippen LogP contribution in [0.4, 0.5) is 10.3 Å². The van der Waals surface area contributed by atoms with Crippen LogP contribution in [0.3, 0.4) is 0 Å². The highest BCUT2D eigenvalue weighted by atomic mass is 19.1. The second-order valence-corrected chi connectivity index (χ2v) is 11.6. The van der Waals surface area contributed by atoms with E-state index in [4.69, 9.17) is 9.47 Å². The number of methoxy groups -OCH3 is 1. The average molecular weight is 525 g/mol. The topological polar surface area (TPSA) is 67.8 Å². The molecule has 0 spiro atoms. The van der Waals surface area contributed by atoms with Crippen LogP contribution in [0.15, 0.2) is 30.6 Å². The SMILES string of the molecule is COCc1cnc(N2CCC(C3(C)CC3CCOc3ccc(CC(=O)N4CCC[C@@H]4C)c(F)c3)CC2)nc1. The largest absolute Gasteiger partial charge is 0.493 e. The summed E-state index contributed by atoms with van der Waals surface area (Å²) < 4.78 is 25.8. The Bertz CT molecular complexity index is 1110. The minimum absolute atomic E-state index is 0.00827. The number of nitrogens with zero attached hydrogens (tertiary/aromatic N) is 4. The van der Waals surface area contributed by atoms with E-state index in [1.54, 1.807) is 19.2 Å². The summed E-state index contributed by atoms with van der Waals surface area (Å²) >= 11 is 0. The van der Waals surface area contributed by atoms with Gasteiger partial charge in [-0.3, -0.25) is 4.79 Å². The highest BCUT2D eigenvalue weighted by molar-refractivity contribution is 5.79. The molecule has 2 aromatic rings. The first-order valence-electron chi connectivity index (χ1n) is 14.1. The summed E-state index contributed by atoms with van der Waals surface area (Å²) in [7, 11) is 1.68. The van der Waals surface area contributed by atoms with Crippen molar-refractivity contribution in [3.05, 3.63) is 47.5 Å². The molecule has 3 heterocycles. The van der Waals surface area contributed by atoms with Gasteiger partial charge in [-0.05, 0) is 74.3 Å². The van der Waals surface area contributed by atoms with E-state index in [1.165, 1.54) is 12.5 Å². The Morgan fingerprint density at radius 3 is 2.58 bits per heavy atom. The number of ether oxygens (including phenoxy) is 2. The molecule has 1 aromatic heterocycles. The zero-order valence-corrected chi connectivity index (χ0v) is 23.0. The lowest BCUT2D eigenvalue weighted by Crippen LogP contribution is -2.37. The van der Waals surface area contributed by atoms with Crippen LogP contribution in [0.25, 0.3) is 0 Å². The van der Waals surface area contributed by atoms with Crippen molar-refractivity contribution < 1.29 is 18.7 Å². The van der Waals surface area contributed by atoms with Gasteiger partial charge in [-0.2, -0.15) is 0 Å². The molecular weight excluding hydrogens is 483 g/mol. The number of likely N-dealkylation sites (tertiary alicyclic amines) is 1. The first kappa shape index (κ1) is 26.9. The predicted octanol–water partition coefficient (Wildman–Crippen LogP) is 5.03. The van der Waals surface area contributed by atoms with E-state index in [0.717, 1.165) is 63.3 Å². The molecule has 1 aliphatic carbocycles. The zero-order chi connectivity index (χ0) is 26.7. The van der Waals surface area contributed by atoms with E-state index >= 15 is 0 Å². The van der Waals surface area contributed by atoms with E-state index in [2.05, 4.69) is 28.7 Å². The maximum atomic E-state index is 14.7. The van der Waals surface area contributed by atoms with Gasteiger partial charge in [0.15, 0.2) is 0 Å². The predicted molar refractivity (Wildman–Crippen MR) is 145 cm³/mol. The number of benzene rings is 1. The molecule has 2 saturated heterocycles. The van der Waals surface area contributed by atoms with Crippen molar-refractivity contribution in [3.8, 4) is 5.75 Å². The second-order valence-electron chi connectivity index (χ2n) is 11.6. The van der Waals surface area contributed by atoms with Crippen LogP contribution in [0, 0.1) is 23.1 Å². The average Bonchev–Trinajstić information content (AvgIpc) is 3.38. The lowest BCUT2D eigenvalue weighted by molar-refractivity contribution is -0.131. The summed E-state index contributed by atoms with van der Waals surface area (Å²) in [6.45, 7) is 8.34. The van der Waals surface area contributed by atoms with Gasteiger partial charge < -0.3 is 19.3 Å². The van der Waals surface area contributed by atoms with E-state index in [0.29, 0.717) is 41.8 Å². The van der Waals surface area contributed by atoms with Crippen molar-refractivity contribution in [3.63, 3.8) is 0 Å². The molecular formula is C30H41FN4O3. The second kappa shape index (κ2) is 11.6. The standard InChI is InChI=1S/C30H41FN4O3/c1-21-5-4-11-35(21)28(36)15-23-6-7-26(16-27(23)31)38-14-10-25-17-30(25,2)24-8-12-34(13-9-24)29-32-18-22(19-33-29)20-37-3/h6-7,16,18-19,21,24-25H,4-5,8-15,17,20H2,1-3H3/t21-,25?,30?/m0/s1. The van der Waals surface area contributed by atoms with Crippen LogP contribution in [0.2, 0.25) is 0 Å². The van der Waals surface area contributed by atoms with Crippen molar-refractivity contribution in [2.24, 2.45) is 17.3 Å². The number of rotatable bonds is 10. The van der Waals surface area contributed by atoms with Crippen LogP contribution in [0.5, 0.6) is 5.75 Å². The molecule has 206 valence electrons. The van der Waals surface area contributed by atoms with Crippen molar-refractivity contribution in [1.82, 2.24) is 14.9 Å². The fourth-order valence-electron chi connectivity index (χ4n) is 6.54. The van der Waals surface area contributed by atoms with Crippen molar-refractivity contribution in [2.75, 3.05) is 38.3 Å². The Labute approximate surface area is 225 Å². The molecule has 3 aliphatic rings. The lowest BCUT2D eigenvalue weighted by Gasteiger charge is -2.35. The molecule has 2 unspecified atom stereocenters. The Morgan fingerprint density at radius 2 is 1.92 bits per heavy atom. The summed E-state index contributed by atoms with van der Waals surface area (Å²) in [5.74, 6) is 2.34. The van der Waals surface area contributed by atoms with Gasteiger partial charge in [-0.15, -0.1) is 0 Å². The number of amides is 1. The monoisotopic (exact) mass is 524 g/mol. The number of piperidine rings is 1. The highest BCUT2D eigenvalue weighted by Gasteiger charge is 2.54. The van der Waals surface area contributed by atoms with Gasteiger partial charge in [-0.1, -0.05) is 13.0 Å². The maximum absolute atomic E-state index is 14.7. The van der Waals surface area contributed by atoms with Gasteiger partial charge >= 0.3 is 0 Å². The van der Waals surface area contributed by atoms with E-state index in [9.17, 15) is 9.18 Å². The lowest BCUT2D eigenvalue weighted by atomic mass is 9.81. The van der Waals surface area contributed by atoms with Crippen LogP contribution < -0.4 is 9.64 Å². The molecule has 3 atom stereocenters. The van der Waals surface area contributed by atoms with Gasteiger partial charge in [0.1, 0.15) is 11.6 Å². The Balaban J connectivity index is 1.05. The first-order valence-corrected chi connectivity index (χ1v) is 14.1. The number of halogens is 1. The smallest absolute Gasteiger partial charge is 0.227 e. The Kier molecular flexibility index (Phi) is 8.17. The Hall–Kier alpha value is -2.74. The normalized spacial score (nSPS) is 25.6. The summed E-state index contributed by atoms with van der Waals surface area (Å²) in [5.41, 5.74) is 1.79. The molecule has 38 heavy (non-hydrogen) atoms. The number of hydrogen-bond acceptors (Lipinski definition) is 6. The molecule has 3 fully saturated rings. The van der Waals surface area contributed by atoms with Crippen LogP contribution in [-0.4, -0.2) is 60.2 Å². The first-order chi connectivity index (χ1) is 18.4. The minimum atomic E-state index is -0.358. The minimum Gasteiger partial charge on any atom is -0.493 e. The molecule has 8 heteroatoms. The van der Waals surface area contributed by atoms with Gasteiger partial charge in [0.2, 0.25) is 11.9 Å². The summed E-state index contributed by atoms with van der Waals surface area (Å²) in [6, 6.07) is 5.18. The fourth-order valence-corrected chi connectivity index (χ4v) is 6.54. The van der Waals surface area contributed by atoms with Gasteiger partial charge in [0, 0.05) is 56.8 Å². The molecule has 0 N–H and O–H groups in total. The van der Waals surface area contributed by atoms with Gasteiger partial charge in [0.05, 0.1) is 19.6 Å². The van der Waals surface area contributed by atoms with E-state index < -0.39 is 0 Å². The number of anilines is 1. The van der Waals surface area contributed by atoms with Crippen LogP contribution in [-0.2, 0) is 22.6 Å². The van der Waals surface area contributed by atoms with Crippen molar-refractivity contribution in [2.45, 2.75) is 71.4 Å². The van der Waals surface area contributed by atoms with Crippen molar-refractivity contribution >= 4 is 11.9 Å². The molecule has 1 aromatic carbocycles. The number of aromatic nitrogens is 2. The molecule has 2 aliphatic heterocycles. The highest BCUT2D eigenvalue weighted by Crippen LogP contribution is 2.61. The number of carbonyl (C=O) groups excluding carboxylic acids is 1. The number of carbonyl (C=O) groups is 1. The molecule has 5 rings (SSSR count). The van der Waals surface area contributed by atoms with Crippen molar-refractivity contribution in [1.29, 1.82) is 0 Å².